The Morgan fingerprint density at radius 3 is 2.43 bits per heavy atom. The molecule has 1 aliphatic carbocycles. The zero-order valence-electron chi connectivity index (χ0n) is 12.6. The molecule has 2 aromatic carbocycles. The molecule has 0 heterocycles. The number of hydrogen-bond donors (Lipinski definition) is 1. The molecule has 3 rings (SSSR count). The van der Waals surface area contributed by atoms with Crippen molar-refractivity contribution in [3.8, 4) is 0 Å². The minimum Gasteiger partial charge on any atom is -0.388 e. The third kappa shape index (κ3) is 3.32. The van der Waals surface area contributed by atoms with Gasteiger partial charge in [-0.2, -0.15) is 0 Å². The minimum absolute atomic E-state index is 0.309. The SMILES string of the molecule is CCC1CCC(C(O)c2ccc3cc(Br)ccc3c2)CC1. The van der Waals surface area contributed by atoms with Crippen LogP contribution < -0.4 is 0 Å². The van der Waals surface area contributed by atoms with E-state index in [9.17, 15) is 5.11 Å². The van der Waals surface area contributed by atoms with Gasteiger partial charge in [-0.05, 0) is 59.2 Å². The summed E-state index contributed by atoms with van der Waals surface area (Å²) in [7, 11) is 0. The van der Waals surface area contributed by atoms with E-state index in [1.165, 1.54) is 30.0 Å². The van der Waals surface area contributed by atoms with E-state index in [-0.39, 0.29) is 6.10 Å². The second-order valence-electron chi connectivity index (χ2n) is 6.38. The summed E-state index contributed by atoms with van der Waals surface area (Å²) in [6.45, 7) is 2.28. The van der Waals surface area contributed by atoms with Gasteiger partial charge in [0, 0.05) is 4.47 Å². The first-order valence-electron chi connectivity index (χ1n) is 8.04. The predicted octanol–water partition coefficient (Wildman–Crippen LogP) is 5.85. The van der Waals surface area contributed by atoms with Crippen molar-refractivity contribution in [1.29, 1.82) is 0 Å². The lowest BCUT2D eigenvalue weighted by Gasteiger charge is -2.31. The lowest BCUT2D eigenvalue weighted by molar-refractivity contribution is 0.0730. The Balaban J connectivity index is 1.78. The number of rotatable bonds is 3. The average molecular weight is 347 g/mol. The van der Waals surface area contributed by atoms with Gasteiger partial charge in [0.2, 0.25) is 0 Å². The molecular formula is C19H23BrO. The number of aliphatic hydroxyl groups excluding tert-OH is 1. The van der Waals surface area contributed by atoms with E-state index in [2.05, 4.69) is 59.3 Å². The van der Waals surface area contributed by atoms with Gasteiger partial charge >= 0.3 is 0 Å². The van der Waals surface area contributed by atoms with Crippen molar-refractivity contribution in [2.45, 2.75) is 45.1 Å². The molecule has 2 aromatic rings. The Morgan fingerprint density at radius 2 is 1.71 bits per heavy atom. The normalized spacial score (nSPS) is 24.1. The van der Waals surface area contributed by atoms with Crippen molar-refractivity contribution in [3.05, 3.63) is 46.4 Å². The smallest absolute Gasteiger partial charge is 0.0818 e. The topological polar surface area (TPSA) is 20.2 Å². The van der Waals surface area contributed by atoms with Gasteiger partial charge in [-0.1, -0.05) is 60.3 Å². The van der Waals surface area contributed by atoms with Crippen LogP contribution in [0.1, 0.15) is 50.7 Å². The van der Waals surface area contributed by atoms with E-state index in [0.717, 1.165) is 28.8 Å². The van der Waals surface area contributed by atoms with Crippen LogP contribution in [0, 0.1) is 11.8 Å². The zero-order chi connectivity index (χ0) is 14.8. The quantitative estimate of drug-likeness (QED) is 0.738. The van der Waals surface area contributed by atoms with Gasteiger partial charge in [0.25, 0.3) is 0 Å². The molecule has 1 nitrogen and oxygen atoms in total. The van der Waals surface area contributed by atoms with Crippen LogP contribution in [-0.2, 0) is 0 Å². The molecule has 2 heteroatoms. The van der Waals surface area contributed by atoms with Crippen molar-refractivity contribution < 1.29 is 5.11 Å². The number of benzene rings is 2. The Morgan fingerprint density at radius 1 is 1.05 bits per heavy atom. The van der Waals surface area contributed by atoms with Crippen LogP contribution in [0.3, 0.4) is 0 Å². The average Bonchev–Trinajstić information content (AvgIpc) is 2.53. The highest BCUT2D eigenvalue weighted by molar-refractivity contribution is 9.10. The molecule has 1 fully saturated rings. The van der Waals surface area contributed by atoms with Crippen molar-refractivity contribution in [1.82, 2.24) is 0 Å². The molecule has 0 aromatic heterocycles. The molecule has 1 N–H and O–H groups in total. The number of hydrogen-bond acceptors (Lipinski definition) is 1. The summed E-state index contributed by atoms with van der Waals surface area (Å²) in [4.78, 5) is 0. The highest BCUT2D eigenvalue weighted by Gasteiger charge is 2.26. The first-order valence-corrected chi connectivity index (χ1v) is 8.84. The van der Waals surface area contributed by atoms with E-state index in [1.807, 2.05) is 0 Å². The number of halogens is 1. The molecule has 0 amide bonds. The monoisotopic (exact) mass is 346 g/mol. The summed E-state index contributed by atoms with van der Waals surface area (Å²) in [5.41, 5.74) is 1.07. The third-order valence-corrected chi connectivity index (χ3v) is 5.58. The van der Waals surface area contributed by atoms with Crippen molar-refractivity contribution in [3.63, 3.8) is 0 Å². The van der Waals surface area contributed by atoms with E-state index in [4.69, 9.17) is 0 Å². The maximum absolute atomic E-state index is 10.7. The van der Waals surface area contributed by atoms with Gasteiger partial charge in [0.05, 0.1) is 6.10 Å². The Bertz CT molecular complexity index is 614. The minimum atomic E-state index is -0.309. The van der Waals surface area contributed by atoms with Crippen LogP contribution in [0.15, 0.2) is 40.9 Å². The summed E-state index contributed by atoms with van der Waals surface area (Å²) in [5.74, 6) is 1.31. The van der Waals surface area contributed by atoms with Crippen LogP contribution >= 0.6 is 15.9 Å². The van der Waals surface area contributed by atoms with Crippen LogP contribution in [-0.4, -0.2) is 5.11 Å². The second-order valence-corrected chi connectivity index (χ2v) is 7.30. The first-order chi connectivity index (χ1) is 10.2. The van der Waals surface area contributed by atoms with E-state index >= 15 is 0 Å². The zero-order valence-corrected chi connectivity index (χ0v) is 14.1. The van der Waals surface area contributed by atoms with Gasteiger partial charge in [0.1, 0.15) is 0 Å². The van der Waals surface area contributed by atoms with Gasteiger partial charge < -0.3 is 5.11 Å². The molecule has 0 spiro atoms. The molecule has 21 heavy (non-hydrogen) atoms. The molecule has 0 saturated heterocycles. The largest absolute Gasteiger partial charge is 0.388 e. The Labute approximate surface area is 135 Å². The van der Waals surface area contributed by atoms with Gasteiger partial charge in [-0.15, -0.1) is 0 Å². The van der Waals surface area contributed by atoms with Crippen LogP contribution in [0.5, 0.6) is 0 Å². The van der Waals surface area contributed by atoms with Gasteiger partial charge in [-0.25, -0.2) is 0 Å². The molecule has 1 saturated carbocycles. The number of aliphatic hydroxyl groups is 1. The second kappa shape index (κ2) is 6.50. The predicted molar refractivity (Wildman–Crippen MR) is 92.3 cm³/mol. The summed E-state index contributed by atoms with van der Waals surface area (Å²) in [6, 6.07) is 12.7. The lowest BCUT2D eigenvalue weighted by Crippen LogP contribution is -2.20. The van der Waals surface area contributed by atoms with E-state index in [0.29, 0.717) is 5.92 Å². The van der Waals surface area contributed by atoms with Gasteiger partial charge in [-0.3, -0.25) is 0 Å². The fraction of sp³-hybridized carbons (Fsp3) is 0.474. The van der Waals surface area contributed by atoms with E-state index in [1.54, 1.807) is 0 Å². The highest BCUT2D eigenvalue weighted by Crippen LogP contribution is 2.38. The standard InChI is InChI=1S/C19H23BrO/c1-2-13-3-5-14(6-4-13)19(21)17-8-7-16-12-18(20)10-9-15(16)11-17/h7-14,19,21H,2-6H2,1H3. The molecule has 0 aliphatic heterocycles. The van der Waals surface area contributed by atoms with Gasteiger partial charge in [0.15, 0.2) is 0 Å². The Kier molecular flexibility index (Phi) is 4.66. The summed E-state index contributed by atoms with van der Waals surface area (Å²) in [5, 5.41) is 13.1. The lowest BCUT2D eigenvalue weighted by atomic mass is 9.77. The van der Waals surface area contributed by atoms with Crippen LogP contribution in [0.2, 0.25) is 0 Å². The fourth-order valence-electron chi connectivity index (χ4n) is 3.60. The van der Waals surface area contributed by atoms with E-state index < -0.39 is 0 Å². The number of fused-ring (bicyclic) bond motifs is 1. The fourth-order valence-corrected chi connectivity index (χ4v) is 3.98. The highest BCUT2D eigenvalue weighted by atomic mass is 79.9. The maximum Gasteiger partial charge on any atom is 0.0818 e. The van der Waals surface area contributed by atoms with Crippen LogP contribution in [0.25, 0.3) is 10.8 Å². The maximum atomic E-state index is 10.7. The summed E-state index contributed by atoms with van der Waals surface area (Å²) >= 11 is 3.51. The Hall–Kier alpha value is -0.860. The van der Waals surface area contributed by atoms with Crippen molar-refractivity contribution >= 4 is 26.7 Å². The molecule has 1 atom stereocenters. The van der Waals surface area contributed by atoms with Crippen LogP contribution in [0.4, 0.5) is 0 Å². The molecular weight excluding hydrogens is 324 g/mol. The third-order valence-electron chi connectivity index (χ3n) is 5.08. The molecule has 0 radical (unpaired) electrons. The molecule has 0 bridgehead atoms. The summed E-state index contributed by atoms with van der Waals surface area (Å²) < 4.78 is 1.10. The molecule has 112 valence electrons. The summed E-state index contributed by atoms with van der Waals surface area (Å²) in [6.07, 6.45) is 5.86. The molecule has 1 unspecified atom stereocenters. The first kappa shape index (κ1) is 15.1. The van der Waals surface area contributed by atoms with Crippen molar-refractivity contribution in [2.24, 2.45) is 11.8 Å². The molecule has 1 aliphatic rings. The van der Waals surface area contributed by atoms with Crippen molar-refractivity contribution in [2.75, 3.05) is 0 Å².